The summed E-state index contributed by atoms with van der Waals surface area (Å²) in [6, 6.07) is 10.1. The number of carbonyl (C=O) groups is 1. The molecule has 1 amide bonds. The van der Waals surface area contributed by atoms with Crippen molar-refractivity contribution in [2.75, 3.05) is 31.6 Å². The van der Waals surface area contributed by atoms with Gasteiger partial charge >= 0.3 is 0 Å². The number of amides is 1. The van der Waals surface area contributed by atoms with E-state index in [9.17, 15) is 4.79 Å². The van der Waals surface area contributed by atoms with Crippen LogP contribution in [0, 0.1) is 0 Å². The molecule has 1 N–H and O–H groups in total. The number of carbonyl (C=O) groups excluding carboxylic acids is 1. The van der Waals surface area contributed by atoms with Crippen LogP contribution < -0.4 is 5.32 Å². The molecule has 0 saturated carbocycles. The zero-order chi connectivity index (χ0) is 16.8. The van der Waals surface area contributed by atoms with Crippen molar-refractivity contribution in [1.82, 2.24) is 15.1 Å². The minimum atomic E-state index is -0.168. The molecule has 1 saturated heterocycles. The van der Waals surface area contributed by atoms with E-state index in [4.69, 9.17) is 4.74 Å². The summed E-state index contributed by atoms with van der Waals surface area (Å²) >= 11 is 2.94. The average Bonchev–Trinajstić information content (AvgIpc) is 3.08. The molecular formula is C16H20N4O2S2. The number of thioether (sulfide) groups is 1. The molecule has 6 nitrogen and oxygen atoms in total. The van der Waals surface area contributed by atoms with Crippen molar-refractivity contribution in [3.63, 3.8) is 0 Å². The van der Waals surface area contributed by atoms with Crippen LogP contribution in [0.3, 0.4) is 0 Å². The molecule has 0 radical (unpaired) electrons. The van der Waals surface area contributed by atoms with Crippen LogP contribution in [0.5, 0.6) is 0 Å². The van der Waals surface area contributed by atoms with Crippen LogP contribution >= 0.6 is 23.1 Å². The first-order chi connectivity index (χ1) is 11.7. The minimum absolute atomic E-state index is 0.136. The second kappa shape index (κ2) is 8.46. The number of hydrogen-bond acceptors (Lipinski definition) is 7. The fourth-order valence-electron chi connectivity index (χ4n) is 2.34. The number of morpholine rings is 1. The van der Waals surface area contributed by atoms with Crippen LogP contribution in [0.25, 0.3) is 0 Å². The van der Waals surface area contributed by atoms with E-state index in [-0.39, 0.29) is 11.2 Å². The third-order valence-corrected chi connectivity index (χ3v) is 5.69. The van der Waals surface area contributed by atoms with Gasteiger partial charge in [-0.2, -0.15) is 0 Å². The lowest BCUT2D eigenvalue weighted by Crippen LogP contribution is -2.44. The summed E-state index contributed by atoms with van der Waals surface area (Å²) in [4.78, 5) is 14.3. The van der Waals surface area contributed by atoms with Gasteiger partial charge in [0.2, 0.25) is 11.0 Å². The maximum absolute atomic E-state index is 12.4. The number of anilines is 1. The minimum Gasteiger partial charge on any atom is -0.378 e. The molecule has 128 valence electrons. The first-order valence-corrected chi connectivity index (χ1v) is 9.56. The molecule has 8 heteroatoms. The third-order valence-electron chi connectivity index (χ3n) is 3.64. The van der Waals surface area contributed by atoms with Gasteiger partial charge in [0.25, 0.3) is 0 Å². The first kappa shape index (κ1) is 17.2. The van der Waals surface area contributed by atoms with Crippen LogP contribution in [-0.4, -0.2) is 52.6 Å². The monoisotopic (exact) mass is 364 g/mol. The summed E-state index contributed by atoms with van der Waals surface area (Å²) < 4.78 is 6.09. The molecule has 0 bridgehead atoms. The predicted octanol–water partition coefficient (Wildman–Crippen LogP) is 2.49. The second-order valence-electron chi connectivity index (χ2n) is 5.41. The highest BCUT2D eigenvalue weighted by Gasteiger charge is 2.24. The molecule has 1 aliphatic rings. The van der Waals surface area contributed by atoms with Gasteiger partial charge in [-0.15, -0.1) is 10.2 Å². The number of benzene rings is 1. The smallest absolute Gasteiger partial charge is 0.236 e. The summed E-state index contributed by atoms with van der Waals surface area (Å²) in [5.74, 6) is 0.136. The summed E-state index contributed by atoms with van der Waals surface area (Å²) in [5, 5.41) is 12.2. The van der Waals surface area contributed by atoms with Gasteiger partial charge in [0, 0.05) is 19.6 Å². The molecule has 1 unspecified atom stereocenters. The molecule has 1 aromatic heterocycles. The lowest BCUT2D eigenvalue weighted by Gasteiger charge is -2.28. The average molecular weight is 364 g/mol. The molecule has 2 heterocycles. The van der Waals surface area contributed by atoms with Crippen LogP contribution in [0.15, 0.2) is 34.7 Å². The quantitative estimate of drug-likeness (QED) is 0.795. The van der Waals surface area contributed by atoms with E-state index in [0.717, 1.165) is 9.47 Å². The highest BCUT2D eigenvalue weighted by molar-refractivity contribution is 8.02. The number of ether oxygens (including phenoxy) is 1. The van der Waals surface area contributed by atoms with E-state index in [1.807, 2.05) is 30.0 Å². The lowest BCUT2D eigenvalue weighted by molar-refractivity contribution is -0.134. The number of hydrogen-bond donors (Lipinski definition) is 1. The Labute approximate surface area is 149 Å². The Morgan fingerprint density at radius 3 is 2.83 bits per heavy atom. The van der Waals surface area contributed by atoms with Crippen LogP contribution in [-0.2, 0) is 16.1 Å². The van der Waals surface area contributed by atoms with Crippen molar-refractivity contribution in [2.24, 2.45) is 0 Å². The fraction of sp³-hybridized carbons (Fsp3) is 0.438. The molecule has 2 aromatic rings. The van der Waals surface area contributed by atoms with E-state index in [1.165, 1.54) is 28.7 Å². The van der Waals surface area contributed by atoms with Crippen molar-refractivity contribution in [2.45, 2.75) is 23.1 Å². The normalized spacial score (nSPS) is 16.0. The predicted molar refractivity (Wildman–Crippen MR) is 96.4 cm³/mol. The van der Waals surface area contributed by atoms with Crippen molar-refractivity contribution in [3.05, 3.63) is 35.9 Å². The highest BCUT2D eigenvalue weighted by Crippen LogP contribution is 2.30. The van der Waals surface area contributed by atoms with Crippen molar-refractivity contribution >= 4 is 34.1 Å². The highest BCUT2D eigenvalue weighted by atomic mass is 32.2. The van der Waals surface area contributed by atoms with E-state index >= 15 is 0 Å². The van der Waals surface area contributed by atoms with Crippen LogP contribution in [0.4, 0.5) is 5.13 Å². The summed E-state index contributed by atoms with van der Waals surface area (Å²) in [7, 11) is 0. The van der Waals surface area contributed by atoms with Gasteiger partial charge in [-0.05, 0) is 12.5 Å². The topological polar surface area (TPSA) is 67.4 Å². The van der Waals surface area contributed by atoms with Gasteiger partial charge in [0.05, 0.1) is 18.5 Å². The molecule has 1 atom stereocenters. The Balaban J connectivity index is 1.50. The van der Waals surface area contributed by atoms with Crippen LogP contribution in [0.2, 0.25) is 0 Å². The zero-order valence-electron chi connectivity index (χ0n) is 13.5. The molecular weight excluding hydrogens is 344 g/mol. The van der Waals surface area contributed by atoms with Gasteiger partial charge in [0.15, 0.2) is 4.34 Å². The molecule has 24 heavy (non-hydrogen) atoms. The summed E-state index contributed by atoms with van der Waals surface area (Å²) in [6.45, 7) is 5.21. The molecule has 1 aliphatic heterocycles. The SMILES string of the molecule is CC(Sc1nnc(NCc2ccccc2)s1)C(=O)N1CCOCC1. The molecule has 0 spiro atoms. The summed E-state index contributed by atoms with van der Waals surface area (Å²) in [6.07, 6.45) is 0. The van der Waals surface area contributed by atoms with E-state index < -0.39 is 0 Å². The van der Waals surface area contributed by atoms with E-state index in [0.29, 0.717) is 32.8 Å². The maximum atomic E-state index is 12.4. The van der Waals surface area contributed by atoms with Crippen molar-refractivity contribution < 1.29 is 9.53 Å². The molecule has 1 fully saturated rings. The second-order valence-corrected chi connectivity index (χ2v) is 7.98. The first-order valence-electron chi connectivity index (χ1n) is 7.87. The Morgan fingerprint density at radius 2 is 2.08 bits per heavy atom. The fourth-order valence-corrected chi connectivity index (χ4v) is 4.32. The Morgan fingerprint density at radius 1 is 1.33 bits per heavy atom. The zero-order valence-corrected chi connectivity index (χ0v) is 15.1. The molecule has 3 rings (SSSR count). The molecule has 0 aliphatic carbocycles. The van der Waals surface area contributed by atoms with Gasteiger partial charge in [-0.3, -0.25) is 4.79 Å². The van der Waals surface area contributed by atoms with Crippen molar-refractivity contribution in [3.8, 4) is 0 Å². The largest absolute Gasteiger partial charge is 0.378 e. The number of nitrogens with zero attached hydrogens (tertiary/aromatic N) is 3. The van der Waals surface area contributed by atoms with Gasteiger partial charge in [-0.25, -0.2) is 0 Å². The maximum Gasteiger partial charge on any atom is 0.236 e. The summed E-state index contributed by atoms with van der Waals surface area (Å²) in [5.41, 5.74) is 1.19. The van der Waals surface area contributed by atoms with Gasteiger partial charge < -0.3 is 15.0 Å². The van der Waals surface area contributed by atoms with Crippen LogP contribution in [0.1, 0.15) is 12.5 Å². The Kier molecular flexibility index (Phi) is 6.06. The van der Waals surface area contributed by atoms with Gasteiger partial charge in [0.1, 0.15) is 0 Å². The van der Waals surface area contributed by atoms with E-state index in [2.05, 4.69) is 27.6 Å². The van der Waals surface area contributed by atoms with Gasteiger partial charge in [-0.1, -0.05) is 53.4 Å². The van der Waals surface area contributed by atoms with Crippen molar-refractivity contribution in [1.29, 1.82) is 0 Å². The number of aromatic nitrogens is 2. The standard InChI is InChI=1S/C16H20N4O2S2/c1-12(14(21)20-7-9-22-10-8-20)23-16-19-18-15(24-16)17-11-13-5-3-2-4-6-13/h2-6,12H,7-11H2,1H3,(H,17,18). The number of rotatable bonds is 6. The molecule has 1 aromatic carbocycles. The Bertz CT molecular complexity index is 659. The van der Waals surface area contributed by atoms with E-state index in [1.54, 1.807) is 0 Å². The lowest BCUT2D eigenvalue weighted by atomic mass is 10.2. The number of nitrogens with one attached hydrogen (secondary N) is 1. The Hall–Kier alpha value is -1.64. The third kappa shape index (κ3) is 4.68.